The molecule has 13 nitrogen and oxygen atoms in total. The summed E-state index contributed by atoms with van der Waals surface area (Å²) in [6.45, 7) is 6.20. The molecule has 6 fully saturated rings. The molecule has 2 bridgehead atoms. The summed E-state index contributed by atoms with van der Waals surface area (Å²) in [6.07, 6.45) is 1.89. The molecular weight excluding hydrogens is 528 g/mol. The number of amides is 3. The van der Waals surface area contributed by atoms with E-state index >= 15 is 0 Å². The predicted molar refractivity (Wildman–Crippen MR) is 132 cm³/mol. The summed E-state index contributed by atoms with van der Waals surface area (Å²) in [5.74, 6) is -3.21. The molecule has 1 N–H and O–H groups in total. The topological polar surface area (TPSA) is 156 Å². The van der Waals surface area contributed by atoms with Crippen LogP contribution in [0.2, 0.25) is 0 Å². The van der Waals surface area contributed by atoms with Gasteiger partial charge in [-0.3, -0.25) is 19.2 Å². The zero-order valence-electron chi connectivity index (χ0n) is 23.2. The van der Waals surface area contributed by atoms with Crippen LogP contribution in [0.15, 0.2) is 0 Å². The number of carbonyl (C=O) groups excluding carboxylic acids is 5. The van der Waals surface area contributed by atoms with Gasteiger partial charge in [0.1, 0.15) is 0 Å². The van der Waals surface area contributed by atoms with Crippen molar-refractivity contribution in [2.75, 3.05) is 6.54 Å². The second kappa shape index (κ2) is 11.3. The Labute approximate surface area is 232 Å². The Kier molecular flexibility index (Phi) is 8.20. The molecule has 3 amide bonds. The van der Waals surface area contributed by atoms with Crippen molar-refractivity contribution in [1.29, 1.82) is 0 Å². The third kappa shape index (κ3) is 5.48. The summed E-state index contributed by atoms with van der Waals surface area (Å²) in [5.41, 5.74) is -0.748. The fourth-order valence-electron chi connectivity index (χ4n) is 6.76. The Hall–Kier alpha value is -2.61. The van der Waals surface area contributed by atoms with Gasteiger partial charge in [0.15, 0.2) is 11.9 Å². The van der Waals surface area contributed by atoms with Gasteiger partial charge in [-0.2, -0.15) is 0 Å². The summed E-state index contributed by atoms with van der Waals surface area (Å²) >= 11 is 0. The molecule has 0 aromatic rings. The number of carbonyl (C=O) groups is 5. The van der Waals surface area contributed by atoms with Crippen molar-refractivity contribution in [3.8, 4) is 0 Å². The summed E-state index contributed by atoms with van der Waals surface area (Å²) < 4.78 is 18.2. The highest BCUT2D eigenvalue weighted by atomic mass is 17.3. The van der Waals surface area contributed by atoms with E-state index in [1.165, 1.54) is 0 Å². The number of hydrogen-bond acceptors (Lipinski definition) is 11. The molecule has 0 unspecified atom stereocenters. The summed E-state index contributed by atoms with van der Waals surface area (Å²) in [7, 11) is 0. The SMILES string of the molecule is C[C@H]1[C@H](OC(=O)CCC(=O)NCCCC(=O)ON2C(=O)CCC2=O)O[C@H]2O[C@]3(C)CC[C@H]4[C@H](C)CC[C@H]1[C@@]24OO3. The van der Waals surface area contributed by atoms with Gasteiger partial charge in [0, 0.05) is 50.5 Å². The van der Waals surface area contributed by atoms with Crippen molar-refractivity contribution >= 4 is 29.7 Å². The molecule has 5 heterocycles. The van der Waals surface area contributed by atoms with Gasteiger partial charge in [0.05, 0.1) is 6.42 Å². The number of fused-ring (bicyclic) bond motifs is 2. The van der Waals surface area contributed by atoms with Crippen LogP contribution >= 0.6 is 0 Å². The van der Waals surface area contributed by atoms with E-state index in [1.807, 2.05) is 13.8 Å². The second-order valence-corrected chi connectivity index (χ2v) is 11.8. The lowest BCUT2D eigenvalue weighted by Crippen LogP contribution is -2.70. The van der Waals surface area contributed by atoms with E-state index in [2.05, 4.69) is 12.2 Å². The van der Waals surface area contributed by atoms with Crippen LogP contribution in [-0.4, -0.2) is 65.2 Å². The highest BCUT2D eigenvalue weighted by molar-refractivity contribution is 6.01. The van der Waals surface area contributed by atoms with Crippen LogP contribution in [0.25, 0.3) is 0 Å². The van der Waals surface area contributed by atoms with Crippen LogP contribution in [0.3, 0.4) is 0 Å². The highest BCUT2D eigenvalue weighted by Gasteiger charge is 2.69. The largest absolute Gasteiger partial charge is 0.435 e. The quantitative estimate of drug-likeness (QED) is 0.188. The fraction of sp³-hybridized carbons (Fsp3) is 0.815. The van der Waals surface area contributed by atoms with Crippen molar-refractivity contribution in [2.24, 2.45) is 23.7 Å². The Balaban J connectivity index is 1.06. The van der Waals surface area contributed by atoms with Gasteiger partial charge < -0.3 is 24.4 Å². The number of nitrogens with zero attached hydrogens (tertiary/aromatic N) is 1. The Bertz CT molecular complexity index is 1040. The molecule has 0 aromatic carbocycles. The molecule has 0 radical (unpaired) electrons. The molecule has 1 aliphatic carbocycles. The van der Waals surface area contributed by atoms with Gasteiger partial charge in [0.2, 0.25) is 18.0 Å². The van der Waals surface area contributed by atoms with E-state index in [4.69, 9.17) is 28.8 Å². The van der Waals surface area contributed by atoms with Crippen molar-refractivity contribution in [2.45, 2.75) is 109 Å². The normalized spacial score (nSPS) is 38.4. The molecule has 1 saturated carbocycles. The molecule has 40 heavy (non-hydrogen) atoms. The van der Waals surface area contributed by atoms with E-state index in [9.17, 15) is 24.0 Å². The first-order chi connectivity index (χ1) is 19.0. The molecule has 8 atom stereocenters. The second-order valence-electron chi connectivity index (χ2n) is 11.8. The zero-order valence-corrected chi connectivity index (χ0v) is 23.2. The highest BCUT2D eigenvalue weighted by Crippen LogP contribution is 2.60. The molecule has 6 aliphatic rings. The van der Waals surface area contributed by atoms with E-state index in [-0.39, 0.29) is 68.7 Å². The lowest BCUT2D eigenvalue weighted by Gasteiger charge is -2.59. The van der Waals surface area contributed by atoms with Crippen molar-refractivity contribution < 1.29 is 52.8 Å². The van der Waals surface area contributed by atoms with E-state index < -0.39 is 47.7 Å². The number of esters is 1. The van der Waals surface area contributed by atoms with Crippen molar-refractivity contribution in [3.63, 3.8) is 0 Å². The van der Waals surface area contributed by atoms with E-state index in [0.717, 1.165) is 19.3 Å². The molecule has 5 saturated heterocycles. The first kappa shape index (κ1) is 28.9. The van der Waals surface area contributed by atoms with E-state index in [0.29, 0.717) is 17.4 Å². The van der Waals surface area contributed by atoms with Crippen LogP contribution in [-0.2, 0) is 52.8 Å². The minimum atomic E-state index is -0.926. The van der Waals surface area contributed by atoms with Crippen LogP contribution in [0.1, 0.15) is 85.0 Å². The van der Waals surface area contributed by atoms with Crippen molar-refractivity contribution in [3.05, 3.63) is 0 Å². The molecular formula is C27H38N2O11. The van der Waals surface area contributed by atoms with E-state index in [1.54, 1.807) is 0 Å². The number of imide groups is 1. The zero-order chi connectivity index (χ0) is 28.7. The van der Waals surface area contributed by atoms with Gasteiger partial charge >= 0.3 is 11.9 Å². The van der Waals surface area contributed by atoms with Crippen LogP contribution < -0.4 is 5.32 Å². The lowest BCUT2D eigenvalue weighted by molar-refractivity contribution is -0.576. The standard InChI is InChI=1S/C27H38N2O11/c1-15-6-7-18-16(2)24(36-25-27(18)17(15)12-13-26(3,37-25)39-40-27)35-22(33)11-8-19(30)28-14-4-5-23(34)38-29-20(31)9-10-21(29)32/h15-18,24-25H,4-14H2,1-3H3,(H,28,30)/t15-,16-,17+,18-,24-,25+,26+,27-/m1/s1. The van der Waals surface area contributed by atoms with Crippen molar-refractivity contribution in [1.82, 2.24) is 10.4 Å². The average molecular weight is 567 g/mol. The van der Waals surface area contributed by atoms with Crippen LogP contribution in [0.5, 0.6) is 0 Å². The maximum Gasteiger partial charge on any atom is 0.333 e. The first-order valence-electron chi connectivity index (χ1n) is 14.3. The molecule has 0 aromatic heterocycles. The van der Waals surface area contributed by atoms with Gasteiger partial charge in [-0.15, -0.1) is 5.06 Å². The lowest BCUT2D eigenvalue weighted by atomic mass is 9.58. The maximum absolute atomic E-state index is 12.7. The molecule has 1 spiro atoms. The fourth-order valence-corrected chi connectivity index (χ4v) is 6.76. The van der Waals surface area contributed by atoms with Gasteiger partial charge in [-0.05, 0) is 44.4 Å². The third-order valence-corrected chi connectivity index (χ3v) is 8.98. The number of rotatable bonds is 9. The third-order valence-electron chi connectivity index (χ3n) is 8.98. The van der Waals surface area contributed by atoms with Gasteiger partial charge in [-0.1, -0.05) is 13.8 Å². The number of hydroxylamine groups is 2. The summed E-state index contributed by atoms with van der Waals surface area (Å²) in [5, 5.41) is 3.12. The molecule has 222 valence electrons. The summed E-state index contributed by atoms with van der Waals surface area (Å²) in [6, 6.07) is 0. The minimum absolute atomic E-state index is 0.0181. The molecule has 13 heteroatoms. The van der Waals surface area contributed by atoms with Crippen LogP contribution in [0, 0.1) is 23.7 Å². The Morgan fingerprint density at radius 1 is 0.975 bits per heavy atom. The number of nitrogens with one attached hydrogen (secondary N) is 1. The smallest absolute Gasteiger partial charge is 0.333 e. The maximum atomic E-state index is 12.7. The van der Waals surface area contributed by atoms with Crippen LogP contribution in [0.4, 0.5) is 0 Å². The Morgan fingerprint density at radius 3 is 2.48 bits per heavy atom. The molecule has 6 rings (SSSR count). The monoisotopic (exact) mass is 566 g/mol. The number of ether oxygens (including phenoxy) is 3. The molecule has 5 aliphatic heterocycles. The minimum Gasteiger partial charge on any atom is -0.435 e. The summed E-state index contributed by atoms with van der Waals surface area (Å²) in [4.78, 5) is 76.4. The first-order valence-corrected chi connectivity index (χ1v) is 14.3. The average Bonchev–Trinajstić information content (AvgIpc) is 3.07. The Morgan fingerprint density at radius 2 is 1.73 bits per heavy atom. The van der Waals surface area contributed by atoms with Gasteiger partial charge in [-0.25, -0.2) is 14.6 Å². The number of hydrogen-bond donors (Lipinski definition) is 1. The van der Waals surface area contributed by atoms with Gasteiger partial charge in [0.25, 0.3) is 11.8 Å². The predicted octanol–water partition coefficient (Wildman–Crippen LogP) is 2.02.